The lowest BCUT2D eigenvalue weighted by molar-refractivity contribution is -0.133. The Morgan fingerprint density at radius 2 is 1.88 bits per heavy atom. The van der Waals surface area contributed by atoms with Crippen LogP contribution in [-0.4, -0.2) is 37.0 Å². The summed E-state index contributed by atoms with van der Waals surface area (Å²) in [5.74, 6) is -0.174. The monoisotopic (exact) mass is 352 g/mol. The van der Waals surface area contributed by atoms with Crippen LogP contribution in [0.25, 0.3) is 0 Å². The summed E-state index contributed by atoms with van der Waals surface area (Å²) in [5.41, 5.74) is 1.54. The van der Waals surface area contributed by atoms with Gasteiger partial charge in [0.1, 0.15) is 5.75 Å². The van der Waals surface area contributed by atoms with Crippen LogP contribution in [0, 0.1) is 11.3 Å². The summed E-state index contributed by atoms with van der Waals surface area (Å²) >= 11 is 0. The lowest BCUT2D eigenvalue weighted by Crippen LogP contribution is -2.30. The van der Waals surface area contributed by atoms with Crippen molar-refractivity contribution < 1.29 is 19.1 Å². The fourth-order valence-electron chi connectivity index (χ4n) is 2.26. The molecule has 26 heavy (non-hydrogen) atoms. The number of rotatable bonds is 7. The standard InChI is InChI=1S/C20H20N2O4/c1-3-25-18-9-7-15(8-10-18)13-22(2)19(23)14-26-20(24)17-6-4-5-16(11-17)12-21/h4-11H,3,13-14H2,1-2H3. The van der Waals surface area contributed by atoms with Crippen LogP contribution >= 0.6 is 0 Å². The Hall–Kier alpha value is -3.33. The average Bonchev–Trinajstić information content (AvgIpc) is 2.67. The molecule has 1 amide bonds. The van der Waals surface area contributed by atoms with Crippen LogP contribution in [0.2, 0.25) is 0 Å². The van der Waals surface area contributed by atoms with Gasteiger partial charge in [-0.15, -0.1) is 0 Å². The van der Waals surface area contributed by atoms with Crippen molar-refractivity contribution in [3.8, 4) is 11.8 Å². The van der Waals surface area contributed by atoms with Gasteiger partial charge in [0, 0.05) is 13.6 Å². The molecule has 0 aliphatic rings. The fourth-order valence-corrected chi connectivity index (χ4v) is 2.26. The summed E-state index contributed by atoms with van der Waals surface area (Å²) in [6.07, 6.45) is 0. The molecule has 0 aromatic heterocycles. The van der Waals surface area contributed by atoms with Crippen molar-refractivity contribution in [3.05, 3.63) is 65.2 Å². The van der Waals surface area contributed by atoms with Gasteiger partial charge in [0.15, 0.2) is 6.61 Å². The Kier molecular flexibility index (Phi) is 6.75. The molecular weight excluding hydrogens is 332 g/mol. The van der Waals surface area contributed by atoms with E-state index in [9.17, 15) is 9.59 Å². The Morgan fingerprint density at radius 3 is 2.54 bits per heavy atom. The molecule has 134 valence electrons. The molecule has 0 saturated heterocycles. The van der Waals surface area contributed by atoms with E-state index in [0.717, 1.165) is 11.3 Å². The van der Waals surface area contributed by atoms with E-state index in [1.165, 1.54) is 17.0 Å². The number of hydrogen-bond donors (Lipinski definition) is 0. The van der Waals surface area contributed by atoms with Crippen molar-refractivity contribution in [2.45, 2.75) is 13.5 Å². The second kappa shape index (κ2) is 9.23. The van der Waals surface area contributed by atoms with Crippen molar-refractivity contribution >= 4 is 11.9 Å². The average molecular weight is 352 g/mol. The maximum Gasteiger partial charge on any atom is 0.338 e. The van der Waals surface area contributed by atoms with Crippen molar-refractivity contribution in [1.82, 2.24) is 4.90 Å². The fraction of sp³-hybridized carbons (Fsp3) is 0.250. The highest BCUT2D eigenvalue weighted by Gasteiger charge is 2.14. The molecule has 0 bridgehead atoms. The predicted octanol–water partition coefficient (Wildman–Crippen LogP) is 2.77. The Labute approximate surface area is 152 Å². The number of carbonyl (C=O) groups is 2. The molecule has 0 fully saturated rings. The van der Waals surface area contributed by atoms with Gasteiger partial charge in [-0.25, -0.2) is 4.79 Å². The first-order valence-electron chi connectivity index (χ1n) is 8.16. The van der Waals surface area contributed by atoms with E-state index in [0.29, 0.717) is 18.7 Å². The van der Waals surface area contributed by atoms with Crippen LogP contribution in [0.5, 0.6) is 5.75 Å². The number of carbonyl (C=O) groups excluding carboxylic acids is 2. The van der Waals surface area contributed by atoms with Crippen molar-refractivity contribution in [2.24, 2.45) is 0 Å². The zero-order valence-corrected chi connectivity index (χ0v) is 14.8. The van der Waals surface area contributed by atoms with E-state index in [1.807, 2.05) is 37.3 Å². The summed E-state index contributed by atoms with van der Waals surface area (Å²) in [5, 5.41) is 8.85. The lowest BCUT2D eigenvalue weighted by atomic mass is 10.1. The largest absolute Gasteiger partial charge is 0.494 e. The number of amides is 1. The van der Waals surface area contributed by atoms with Gasteiger partial charge in [0.2, 0.25) is 0 Å². The van der Waals surface area contributed by atoms with E-state index in [2.05, 4.69) is 0 Å². The van der Waals surface area contributed by atoms with E-state index in [1.54, 1.807) is 19.2 Å². The molecule has 6 nitrogen and oxygen atoms in total. The van der Waals surface area contributed by atoms with Gasteiger partial charge in [-0.3, -0.25) is 4.79 Å². The number of ether oxygens (including phenoxy) is 2. The number of benzene rings is 2. The number of nitriles is 1. The second-order valence-electron chi connectivity index (χ2n) is 5.60. The predicted molar refractivity (Wildman–Crippen MR) is 95.5 cm³/mol. The first-order valence-corrected chi connectivity index (χ1v) is 8.16. The van der Waals surface area contributed by atoms with E-state index in [4.69, 9.17) is 14.7 Å². The van der Waals surface area contributed by atoms with E-state index < -0.39 is 5.97 Å². The van der Waals surface area contributed by atoms with Crippen LogP contribution in [0.3, 0.4) is 0 Å². The topological polar surface area (TPSA) is 79.6 Å². The van der Waals surface area contributed by atoms with Gasteiger partial charge < -0.3 is 14.4 Å². The summed E-state index contributed by atoms with van der Waals surface area (Å²) in [7, 11) is 1.64. The molecule has 0 aliphatic heterocycles. The molecule has 0 atom stereocenters. The van der Waals surface area contributed by atoms with Gasteiger partial charge >= 0.3 is 5.97 Å². The van der Waals surface area contributed by atoms with E-state index in [-0.39, 0.29) is 18.1 Å². The molecule has 0 radical (unpaired) electrons. The van der Waals surface area contributed by atoms with Gasteiger partial charge in [-0.05, 0) is 42.8 Å². The maximum atomic E-state index is 12.1. The summed E-state index contributed by atoms with van der Waals surface area (Å²) in [6.45, 7) is 2.55. The number of nitrogens with zero attached hydrogens (tertiary/aromatic N) is 2. The van der Waals surface area contributed by atoms with Crippen molar-refractivity contribution in [3.63, 3.8) is 0 Å². The van der Waals surface area contributed by atoms with Crippen LogP contribution in [-0.2, 0) is 16.1 Å². The van der Waals surface area contributed by atoms with Gasteiger partial charge in [0.25, 0.3) is 5.91 Å². The van der Waals surface area contributed by atoms with Gasteiger partial charge in [0.05, 0.1) is 23.8 Å². The Bertz CT molecular complexity index is 809. The maximum absolute atomic E-state index is 12.1. The Morgan fingerprint density at radius 1 is 1.15 bits per heavy atom. The van der Waals surface area contributed by atoms with Crippen LogP contribution in [0.1, 0.15) is 28.4 Å². The minimum atomic E-state index is -0.634. The first-order chi connectivity index (χ1) is 12.5. The zero-order valence-electron chi connectivity index (χ0n) is 14.8. The molecule has 2 rings (SSSR count). The summed E-state index contributed by atoms with van der Waals surface area (Å²) in [6, 6.07) is 15.6. The normalized spacial score (nSPS) is 9.88. The molecule has 0 heterocycles. The SMILES string of the molecule is CCOc1ccc(CN(C)C(=O)COC(=O)c2cccc(C#N)c2)cc1. The highest BCUT2D eigenvalue weighted by molar-refractivity contribution is 5.91. The minimum Gasteiger partial charge on any atom is -0.494 e. The van der Waals surface area contributed by atoms with Crippen molar-refractivity contribution in [1.29, 1.82) is 5.26 Å². The van der Waals surface area contributed by atoms with Crippen LogP contribution in [0.4, 0.5) is 0 Å². The van der Waals surface area contributed by atoms with Crippen LogP contribution in [0.15, 0.2) is 48.5 Å². The third-order valence-corrected chi connectivity index (χ3v) is 3.63. The quantitative estimate of drug-likeness (QED) is 0.716. The zero-order chi connectivity index (χ0) is 18.9. The highest BCUT2D eigenvalue weighted by atomic mass is 16.5. The summed E-state index contributed by atoms with van der Waals surface area (Å²) in [4.78, 5) is 25.6. The molecule has 0 N–H and O–H groups in total. The van der Waals surface area contributed by atoms with E-state index >= 15 is 0 Å². The third kappa shape index (κ3) is 5.35. The molecule has 0 aliphatic carbocycles. The number of likely N-dealkylation sites (N-methyl/N-ethyl adjacent to an activating group) is 1. The molecule has 6 heteroatoms. The van der Waals surface area contributed by atoms with Gasteiger partial charge in [-0.1, -0.05) is 18.2 Å². The Balaban J connectivity index is 1.86. The second-order valence-corrected chi connectivity index (χ2v) is 5.60. The molecule has 0 unspecified atom stereocenters. The lowest BCUT2D eigenvalue weighted by Gasteiger charge is -2.17. The molecule has 0 saturated carbocycles. The van der Waals surface area contributed by atoms with Gasteiger partial charge in [-0.2, -0.15) is 5.26 Å². The minimum absolute atomic E-state index is 0.242. The molecule has 0 spiro atoms. The van der Waals surface area contributed by atoms with Crippen molar-refractivity contribution in [2.75, 3.05) is 20.3 Å². The third-order valence-electron chi connectivity index (χ3n) is 3.63. The summed E-state index contributed by atoms with van der Waals surface area (Å²) < 4.78 is 10.4. The molecular formula is C20H20N2O4. The van der Waals surface area contributed by atoms with Crippen LogP contribution < -0.4 is 4.74 Å². The number of hydrogen-bond acceptors (Lipinski definition) is 5. The molecule has 2 aromatic rings. The highest BCUT2D eigenvalue weighted by Crippen LogP contribution is 2.13. The first kappa shape index (κ1) is 19.0. The smallest absolute Gasteiger partial charge is 0.338 e. The molecule has 2 aromatic carbocycles. The number of esters is 1.